The normalized spacial score (nSPS) is 12.6. The summed E-state index contributed by atoms with van der Waals surface area (Å²) in [6.07, 6.45) is 3.00. The lowest BCUT2D eigenvalue weighted by Crippen LogP contribution is -2.45. The van der Waals surface area contributed by atoms with E-state index < -0.39 is 37.6 Å². The van der Waals surface area contributed by atoms with Crippen molar-refractivity contribution < 1.29 is 37.7 Å². The number of aldehydes is 1. The molecule has 12 heteroatoms. The summed E-state index contributed by atoms with van der Waals surface area (Å²) in [5, 5.41) is 2.90. The van der Waals surface area contributed by atoms with Gasteiger partial charge in [0, 0.05) is 39.1 Å². The predicted octanol–water partition coefficient (Wildman–Crippen LogP) is 5.70. The van der Waals surface area contributed by atoms with E-state index in [-0.39, 0.29) is 24.7 Å². The fraction of sp³-hybridized carbons (Fsp3) is 0.448. The Bertz CT molecular complexity index is 1400. The van der Waals surface area contributed by atoms with Crippen LogP contribution >= 0.6 is 0 Å². The van der Waals surface area contributed by atoms with Crippen LogP contribution in [-0.4, -0.2) is 61.3 Å². The highest BCUT2D eigenvalue weighted by Crippen LogP contribution is 2.33. The first-order chi connectivity index (χ1) is 19.2. The second-order valence-corrected chi connectivity index (χ2v) is 17.4. The number of halogens is 1. The van der Waals surface area contributed by atoms with E-state index in [0.717, 1.165) is 6.04 Å². The number of methoxy groups -OCH3 is 1. The molecule has 0 fully saturated rings. The van der Waals surface area contributed by atoms with Gasteiger partial charge < -0.3 is 28.8 Å². The van der Waals surface area contributed by atoms with Crippen LogP contribution in [0.3, 0.4) is 0 Å². The number of hydrogen-bond acceptors (Lipinski definition) is 8. The Morgan fingerprint density at radius 3 is 2.51 bits per heavy atom. The van der Waals surface area contributed by atoms with Crippen LogP contribution in [-0.2, 0) is 32.2 Å². The fourth-order valence-electron chi connectivity index (χ4n) is 3.92. The Hall–Kier alpha value is -3.77. The summed E-state index contributed by atoms with van der Waals surface area (Å²) in [6, 6.07) is 5.65. The monoisotopic (exact) mass is 587 g/mol. The van der Waals surface area contributed by atoms with Crippen molar-refractivity contribution in [3.8, 4) is 11.5 Å². The fourth-order valence-corrected chi connectivity index (χ4v) is 4.68. The van der Waals surface area contributed by atoms with Gasteiger partial charge in [0.1, 0.15) is 29.8 Å². The lowest BCUT2D eigenvalue weighted by atomic mass is 10.1. The molecule has 1 N–H and O–H groups in total. The molecule has 0 unspecified atom stereocenters. The van der Waals surface area contributed by atoms with Crippen LogP contribution in [0, 0.1) is 5.82 Å². The number of esters is 1. The number of benzene rings is 1. The molecule has 41 heavy (non-hydrogen) atoms. The number of hydrogen-bond donors (Lipinski definition) is 1. The molecule has 0 bridgehead atoms. The van der Waals surface area contributed by atoms with E-state index in [9.17, 15) is 14.4 Å². The number of fused-ring (bicyclic) bond motifs is 1. The Labute approximate surface area is 240 Å². The van der Waals surface area contributed by atoms with E-state index in [4.69, 9.17) is 18.9 Å². The maximum Gasteiger partial charge on any atom is 0.408 e. The maximum absolute atomic E-state index is 15.2. The van der Waals surface area contributed by atoms with E-state index in [2.05, 4.69) is 29.9 Å². The van der Waals surface area contributed by atoms with Crippen molar-refractivity contribution in [2.45, 2.75) is 71.3 Å². The molecule has 10 nitrogen and oxygen atoms in total. The van der Waals surface area contributed by atoms with E-state index in [1.165, 1.54) is 25.4 Å². The van der Waals surface area contributed by atoms with Crippen LogP contribution < -0.4 is 10.1 Å². The van der Waals surface area contributed by atoms with Gasteiger partial charge in [-0.15, -0.1) is 0 Å². The van der Waals surface area contributed by atoms with Crippen LogP contribution in [0.2, 0.25) is 25.7 Å². The lowest BCUT2D eigenvalue weighted by Gasteiger charge is -2.22. The van der Waals surface area contributed by atoms with Crippen LogP contribution in [0.5, 0.6) is 11.5 Å². The number of alkyl carbamates (subject to hydrolysis) is 1. The lowest BCUT2D eigenvalue weighted by molar-refractivity contribution is -0.143. The average Bonchev–Trinajstić information content (AvgIpc) is 3.24. The van der Waals surface area contributed by atoms with Gasteiger partial charge in [-0.2, -0.15) is 0 Å². The smallest absolute Gasteiger partial charge is 0.408 e. The number of nitrogens with one attached hydrogen (secondary N) is 1. The van der Waals surface area contributed by atoms with Crippen molar-refractivity contribution in [3.05, 3.63) is 53.6 Å². The predicted molar refractivity (Wildman–Crippen MR) is 155 cm³/mol. The molecule has 0 spiro atoms. The number of pyridine rings is 1. The minimum atomic E-state index is -1.25. The molecule has 0 aliphatic rings. The van der Waals surface area contributed by atoms with Gasteiger partial charge in [-0.3, -0.25) is 4.79 Å². The van der Waals surface area contributed by atoms with Gasteiger partial charge in [0.15, 0.2) is 17.9 Å². The summed E-state index contributed by atoms with van der Waals surface area (Å²) in [5.41, 5.74) is 0.461. The van der Waals surface area contributed by atoms with E-state index in [0.29, 0.717) is 35.1 Å². The molecule has 1 aromatic carbocycles. The topological polar surface area (TPSA) is 118 Å². The van der Waals surface area contributed by atoms with Crippen LogP contribution in [0.4, 0.5) is 9.18 Å². The zero-order valence-electron chi connectivity index (χ0n) is 24.6. The summed E-state index contributed by atoms with van der Waals surface area (Å²) in [6.45, 7) is 12.7. The van der Waals surface area contributed by atoms with Crippen LogP contribution in [0.15, 0.2) is 36.7 Å². The summed E-state index contributed by atoms with van der Waals surface area (Å²) in [4.78, 5) is 40.7. The van der Waals surface area contributed by atoms with E-state index in [1.807, 2.05) is 0 Å². The third-order valence-electron chi connectivity index (χ3n) is 5.93. The number of rotatable bonds is 12. The van der Waals surface area contributed by atoms with Crippen molar-refractivity contribution in [3.63, 3.8) is 0 Å². The molecule has 222 valence electrons. The molecule has 0 aliphatic carbocycles. The number of ether oxygens (including phenoxy) is 4. The van der Waals surface area contributed by atoms with Gasteiger partial charge in [0.25, 0.3) is 0 Å². The Morgan fingerprint density at radius 1 is 1.17 bits per heavy atom. The third kappa shape index (κ3) is 9.12. The van der Waals surface area contributed by atoms with Gasteiger partial charge in [-0.05, 0) is 50.6 Å². The molecule has 0 saturated heterocycles. The van der Waals surface area contributed by atoms with Crippen molar-refractivity contribution in [1.82, 2.24) is 14.9 Å². The molecule has 1 amide bonds. The van der Waals surface area contributed by atoms with Gasteiger partial charge >= 0.3 is 12.1 Å². The summed E-state index contributed by atoms with van der Waals surface area (Å²) >= 11 is 0. The molecule has 0 saturated carbocycles. The SMILES string of the molecule is COC(=O)[C@H](Cc1ccc(Oc2ccnc3c2c(C=O)cn3COCC[Si](C)(C)C)c(F)c1)NC(=O)OC(C)(C)C. The summed E-state index contributed by atoms with van der Waals surface area (Å²) in [7, 11) is -0.0602. The van der Waals surface area contributed by atoms with Crippen molar-refractivity contribution in [2.24, 2.45) is 0 Å². The quantitative estimate of drug-likeness (QED) is 0.124. The van der Waals surface area contributed by atoms with Crippen LogP contribution in [0.25, 0.3) is 11.0 Å². The van der Waals surface area contributed by atoms with Crippen molar-refractivity contribution >= 4 is 37.5 Å². The van der Waals surface area contributed by atoms with Gasteiger partial charge in [-0.1, -0.05) is 25.7 Å². The van der Waals surface area contributed by atoms with E-state index >= 15 is 4.39 Å². The molecule has 3 aromatic rings. The zero-order valence-corrected chi connectivity index (χ0v) is 25.6. The van der Waals surface area contributed by atoms with Crippen LogP contribution in [0.1, 0.15) is 36.7 Å². The zero-order chi connectivity index (χ0) is 30.4. The minimum absolute atomic E-state index is 0.0432. The number of nitrogens with zero attached hydrogens (tertiary/aromatic N) is 2. The molecule has 2 heterocycles. The molecule has 0 radical (unpaired) electrons. The van der Waals surface area contributed by atoms with Crippen molar-refractivity contribution in [2.75, 3.05) is 13.7 Å². The number of carbonyl (C=O) groups is 3. The molecular weight excluding hydrogens is 549 g/mol. The van der Waals surface area contributed by atoms with Gasteiger partial charge in [-0.25, -0.2) is 19.0 Å². The summed E-state index contributed by atoms with van der Waals surface area (Å²) in [5.74, 6) is -1.24. The second-order valence-electron chi connectivity index (χ2n) is 11.8. The van der Waals surface area contributed by atoms with Gasteiger partial charge in [0.05, 0.1) is 12.5 Å². The summed E-state index contributed by atoms with van der Waals surface area (Å²) < 4.78 is 38.6. The second kappa shape index (κ2) is 13.3. The Kier molecular flexibility index (Phi) is 10.3. The number of carbonyl (C=O) groups excluding carboxylic acids is 3. The first-order valence-electron chi connectivity index (χ1n) is 13.2. The molecule has 3 rings (SSSR count). The molecular formula is C29H38FN3O7Si. The standard InChI is InChI=1S/C29H38FN3O7Si/c1-29(2,3)40-28(36)32-22(27(35)37-4)15-19-8-9-23(21(30)14-19)39-24-10-11-31-26-25(24)20(17-34)16-33(26)18-38-12-13-41(5,6)7/h8-11,14,16-17,22H,12-13,15,18H2,1-7H3,(H,32,36)/t22-/m0/s1. The highest BCUT2D eigenvalue weighted by Gasteiger charge is 2.26. The minimum Gasteiger partial charge on any atom is -0.467 e. The van der Waals surface area contributed by atoms with Crippen molar-refractivity contribution in [1.29, 1.82) is 0 Å². The Morgan fingerprint density at radius 2 is 1.90 bits per heavy atom. The van der Waals surface area contributed by atoms with Gasteiger partial charge in [0.2, 0.25) is 0 Å². The number of amides is 1. The largest absolute Gasteiger partial charge is 0.467 e. The molecule has 0 aliphatic heterocycles. The first-order valence-corrected chi connectivity index (χ1v) is 17.0. The number of aromatic nitrogens is 2. The first kappa shape index (κ1) is 31.8. The highest BCUT2D eigenvalue weighted by atomic mass is 28.3. The highest BCUT2D eigenvalue weighted by molar-refractivity contribution is 6.76. The average molecular weight is 588 g/mol. The molecule has 2 aromatic heterocycles. The molecule has 1 atom stereocenters. The van der Waals surface area contributed by atoms with E-state index in [1.54, 1.807) is 43.7 Å². The maximum atomic E-state index is 15.2. The Balaban J connectivity index is 1.79. The third-order valence-corrected chi connectivity index (χ3v) is 7.64.